The van der Waals surface area contributed by atoms with Gasteiger partial charge in [0, 0.05) is 54.7 Å². The predicted molar refractivity (Wildman–Crippen MR) is 140 cm³/mol. The summed E-state index contributed by atoms with van der Waals surface area (Å²) in [5.41, 5.74) is 1.57. The number of H-pyrrole nitrogens is 1. The first kappa shape index (κ1) is 24.4. The maximum Gasteiger partial charge on any atom is 0.220 e. The highest BCUT2D eigenvalue weighted by Gasteiger charge is 2.38. The van der Waals surface area contributed by atoms with Crippen molar-refractivity contribution in [3.8, 4) is 17.1 Å². The summed E-state index contributed by atoms with van der Waals surface area (Å²) >= 11 is 0. The fourth-order valence-electron chi connectivity index (χ4n) is 5.01. The Balaban J connectivity index is 1.19. The van der Waals surface area contributed by atoms with Gasteiger partial charge in [-0.2, -0.15) is 5.10 Å². The highest BCUT2D eigenvalue weighted by atomic mass is 16.5. The number of aromatic nitrogens is 4. The summed E-state index contributed by atoms with van der Waals surface area (Å²) in [6.45, 7) is 0.451. The van der Waals surface area contributed by atoms with E-state index in [1.807, 2.05) is 36.4 Å². The average molecular weight is 499 g/mol. The van der Waals surface area contributed by atoms with Crippen molar-refractivity contribution in [2.24, 2.45) is 0 Å². The summed E-state index contributed by atoms with van der Waals surface area (Å²) in [6.07, 6.45) is 6.67. The third-order valence-corrected chi connectivity index (χ3v) is 6.94. The molecular formula is C28H30N6O3. The summed E-state index contributed by atoms with van der Waals surface area (Å²) in [6, 6.07) is 15.8. The average Bonchev–Trinajstić information content (AvgIpc) is 3.55. The van der Waals surface area contributed by atoms with Gasteiger partial charge >= 0.3 is 0 Å². The van der Waals surface area contributed by atoms with Crippen LogP contribution in [0, 0.1) is 0 Å². The van der Waals surface area contributed by atoms with Gasteiger partial charge in [-0.25, -0.2) is 4.98 Å². The first-order chi connectivity index (χ1) is 18.0. The van der Waals surface area contributed by atoms with Gasteiger partial charge in [-0.3, -0.25) is 19.7 Å². The van der Waals surface area contributed by atoms with Gasteiger partial charge in [-0.1, -0.05) is 30.3 Å². The van der Waals surface area contributed by atoms with Crippen molar-refractivity contribution in [2.45, 2.75) is 44.1 Å². The Morgan fingerprint density at radius 1 is 1.11 bits per heavy atom. The van der Waals surface area contributed by atoms with Crippen LogP contribution in [-0.2, 0) is 22.4 Å². The number of rotatable bonds is 10. The predicted octanol–water partition coefficient (Wildman–Crippen LogP) is 3.36. The van der Waals surface area contributed by atoms with Gasteiger partial charge < -0.3 is 15.4 Å². The summed E-state index contributed by atoms with van der Waals surface area (Å²) in [5, 5.41) is 15.5. The maximum absolute atomic E-state index is 12.7. The standard InChI is InChI=1S/C28H30N6O3/c1-37-23-7-6-20(21-4-2-3-5-22(21)23)18-28(14-9-26(36)32-28)13-8-25(35)30-17-12-24-31-27(34-33-24)19-10-15-29-16-11-19/h2-7,10-11,15-16H,8-9,12-14,17-18H2,1H3,(H,30,35)(H,32,36)(H,31,33,34)/t28-/m0/s1. The van der Waals surface area contributed by atoms with Crippen LogP contribution in [-0.4, -0.2) is 51.2 Å². The summed E-state index contributed by atoms with van der Waals surface area (Å²) in [7, 11) is 1.67. The molecule has 3 heterocycles. The third-order valence-electron chi connectivity index (χ3n) is 6.94. The lowest BCUT2D eigenvalue weighted by Crippen LogP contribution is -2.44. The fourth-order valence-corrected chi connectivity index (χ4v) is 5.01. The van der Waals surface area contributed by atoms with Crippen LogP contribution in [0.25, 0.3) is 22.2 Å². The molecule has 1 saturated heterocycles. The number of hydrogen-bond donors (Lipinski definition) is 3. The van der Waals surface area contributed by atoms with Crippen LogP contribution in [0.15, 0.2) is 60.9 Å². The number of carbonyl (C=O) groups excluding carboxylic acids is 2. The number of amides is 2. The molecule has 5 rings (SSSR count). The zero-order valence-corrected chi connectivity index (χ0v) is 20.8. The normalized spacial score (nSPS) is 17.1. The molecule has 2 aromatic carbocycles. The first-order valence-electron chi connectivity index (χ1n) is 12.5. The Morgan fingerprint density at radius 2 is 1.92 bits per heavy atom. The van der Waals surface area contributed by atoms with Crippen molar-refractivity contribution < 1.29 is 14.3 Å². The molecule has 0 saturated carbocycles. The van der Waals surface area contributed by atoms with Gasteiger partial charge in [-0.15, -0.1) is 0 Å². The van der Waals surface area contributed by atoms with Gasteiger partial charge in [0.2, 0.25) is 11.8 Å². The van der Waals surface area contributed by atoms with Crippen molar-refractivity contribution in [1.82, 2.24) is 30.8 Å². The van der Waals surface area contributed by atoms with Crippen molar-refractivity contribution >= 4 is 22.6 Å². The van der Waals surface area contributed by atoms with Gasteiger partial charge in [-0.05, 0) is 48.4 Å². The van der Waals surface area contributed by atoms with Crippen LogP contribution < -0.4 is 15.4 Å². The Morgan fingerprint density at radius 3 is 2.68 bits per heavy atom. The Labute approximate surface area is 215 Å². The monoisotopic (exact) mass is 498 g/mol. The van der Waals surface area contributed by atoms with Gasteiger partial charge in [0.1, 0.15) is 11.6 Å². The second-order valence-electron chi connectivity index (χ2n) is 9.42. The number of carbonyl (C=O) groups is 2. The van der Waals surface area contributed by atoms with E-state index >= 15 is 0 Å². The Kier molecular flexibility index (Phi) is 7.11. The van der Waals surface area contributed by atoms with E-state index in [4.69, 9.17) is 4.74 Å². The maximum atomic E-state index is 12.7. The Hall–Kier alpha value is -4.27. The van der Waals surface area contributed by atoms with E-state index in [2.05, 4.69) is 42.9 Å². The van der Waals surface area contributed by atoms with Crippen molar-refractivity contribution in [3.63, 3.8) is 0 Å². The van der Waals surface area contributed by atoms with Crippen LogP contribution in [0.5, 0.6) is 5.75 Å². The van der Waals surface area contributed by atoms with Gasteiger partial charge in [0.05, 0.1) is 7.11 Å². The molecule has 1 atom stereocenters. The molecule has 4 aromatic rings. The first-order valence-corrected chi connectivity index (χ1v) is 12.5. The van der Waals surface area contributed by atoms with Crippen molar-refractivity contribution in [1.29, 1.82) is 0 Å². The van der Waals surface area contributed by atoms with Crippen molar-refractivity contribution in [3.05, 3.63) is 72.3 Å². The number of benzene rings is 2. The lowest BCUT2D eigenvalue weighted by molar-refractivity contribution is -0.122. The molecule has 1 fully saturated rings. The molecule has 37 heavy (non-hydrogen) atoms. The fraction of sp³-hybridized carbons (Fsp3) is 0.321. The number of nitrogens with zero attached hydrogens (tertiary/aromatic N) is 3. The summed E-state index contributed by atoms with van der Waals surface area (Å²) in [5.74, 6) is 2.12. The molecule has 0 aliphatic carbocycles. The second-order valence-corrected chi connectivity index (χ2v) is 9.42. The summed E-state index contributed by atoms with van der Waals surface area (Å²) < 4.78 is 5.53. The minimum Gasteiger partial charge on any atom is -0.496 e. The quantitative estimate of drug-likeness (QED) is 0.308. The minimum atomic E-state index is -0.448. The Bertz CT molecular complexity index is 1400. The van der Waals surface area contributed by atoms with E-state index < -0.39 is 5.54 Å². The van der Waals surface area contributed by atoms with E-state index in [-0.39, 0.29) is 11.8 Å². The summed E-state index contributed by atoms with van der Waals surface area (Å²) in [4.78, 5) is 33.4. The number of pyridine rings is 1. The highest BCUT2D eigenvalue weighted by molar-refractivity contribution is 5.91. The van der Waals surface area contributed by atoms with Crippen LogP contribution in [0.1, 0.15) is 37.1 Å². The molecule has 0 spiro atoms. The smallest absolute Gasteiger partial charge is 0.220 e. The van der Waals surface area contributed by atoms with Crippen LogP contribution in [0.3, 0.4) is 0 Å². The second kappa shape index (κ2) is 10.8. The molecule has 1 aliphatic rings. The van der Waals surface area contributed by atoms with E-state index in [1.54, 1.807) is 19.5 Å². The lowest BCUT2D eigenvalue weighted by atomic mass is 9.83. The van der Waals surface area contributed by atoms with Crippen molar-refractivity contribution in [2.75, 3.05) is 13.7 Å². The molecule has 1 aliphatic heterocycles. The largest absolute Gasteiger partial charge is 0.496 e. The van der Waals surface area contributed by atoms with Crippen LogP contribution >= 0.6 is 0 Å². The zero-order valence-electron chi connectivity index (χ0n) is 20.8. The van der Waals surface area contributed by atoms with Gasteiger partial charge in [0.25, 0.3) is 0 Å². The van der Waals surface area contributed by atoms with Crippen LogP contribution in [0.4, 0.5) is 0 Å². The van der Waals surface area contributed by atoms with E-state index in [1.165, 1.54) is 0 Å². The number of aromatic amines is 1. The number of methoxy groups -OCH3 is 1. The molecule has 0 bridgehead atoms. The van der Waals surface area contributed by atoms with Gasteiger partial charge in [0.15, 0.2) is 5.82 Å². The van der Waals surface area contributed by atoms with E-state index in [0.29, 0.717) is 56.7 Å². The zero-order chi connectivity index (χ0) is 25.7. The molecule has 190 valence electrons. The molecular weight excluding hydrogens is 468 g/mol. The number of fused-ring (bicyclic) bond motifs is 1. The lowest BCUT2D eigenvalue weighted by Gasteiger charge is -2.30. The SMILES string of the molecule is COc1ccc(C[C@]2(CCC(=O)NCCc3nc(-c4ccncc4)n[nH]3)CCC(=O)N2)c2ccccc12. The topological polar surface area (TPSA) is 122 Å². The highest BCUT2D eigenvalue weighted by Crippen LogP contribution is 2.34. The van der Waals surface area contributed by atoms with Crippen LogP contribution in [0.2, 0.25) is 0 Å². The molecule has 0 unspecified atom stereocenters. The van der Waals surface area contributed by atoms with E-state index in [9.17, 15) is 9.59 Å². The molecule has 2 amide bonds. The van der Waals surface area contributed by atoms with E-state index in [0.717, 1.165) is 27.6 Å². The molecule has 9 nitrogen and oxygen atoms in total. The third kappa shape index (κ3) is 5.61. The number of nitrogens with one attached hydrogen (secondary N) is 3. The molecule has 2 aromatic heterocycles. The number of hydrogen-bond acceptors (Lipinski definition) is 6. The number of ether oxygens (including phenoxy) is 1. The minimum absolute atomic E-state index is 0.0357. The molecule has 9 heteroatoms. The molecule has 0 radical (unpaired) electrons. The molecule has 3 N–H and O–H groups in total.